The molecule has 27 heavy (non-hydrogen) atoms. The number of fused-ring (bicyclic) bond motifs is 2. The Hall–Kier alpha value is -3.51. The zero-order valence-electron chi connectivity index (χ0n) is 13.9. The third-order valence-electron chi connectivity index (χ3n) is 4.22. The van der Waals surface area contributed by atoms with Crippen LogP contribution in [-0.2, 0) is 0 Å². The van der Waals surface area contributed by atoms with Crippen LogP contribution in [0.2, 0.25) is 5.02 Å². The van der Waals surface area contributed by atoms with E-state index in [4.69, 9.17) is 21.8 Å². The maximum absolute atomic E-state index is 6.43. The minimum absolute atomic E-state index is 0.282. The SMILES string of the molecule is Nc1cnc(-c2cc(Cl)c3ncccc3c2)c(-c2nc3ccccc3o2)n1. The number of halogens is 1. The molecule has 0 atom stereocenters. The molecule has 6 nitrogen and oxygen atoms in total. The van der Waals surface area contributed by atoms with Gasteiger partial charge in [-0.25, -0.2) is 15.0 Å². The highest BCUT2D eigenvalue weighted by Crippen LogP contribution is 2.34. The zero-order chi connectivity index (χ0) is 18.4. The van der Waals surface area contributed by atoms with Gasteiger partial charge < -0.3 is 10.2 Å². The van der Waals surface area contributed by atoms with Crippen molar-refractivity contribution in [3.05, 3.63) is 65.9 Å². The average Bonchev–Trinajstić information content (AvgIpc) is 3.12. The number of nitrogens with two attached hydrogens (primary N) is 1. The van der Waals surface area contributed by atoms with Crippen LogP contribution in [0.4, 0.5) is 5.82 Å². The summed E-state index contributed by atoms with van der Waals surface area (Å²) in [5.41, 5.74) is 9.85. The number of nitrogen functional groups attached to an aromatic ring is 1. The highest BCUT2D eigenvalue weighted by atomic mass is 35.5. The minimum atomic E-state index is 0.282. The first-order chi connectivity index (χ1) is 13.2. The Kier molecular flexibility index (Phi) is 3.51. The van der Waals surface area contributed by atoms with Crippen molar-refractivity contribution >= 4 is 39.4 Å². The predicted molar refractivity (Wildman–Crippen MR) is 105 cm³/mol. The lowest BCUT2D eigenvalue weighted by atomic mass is 10.1. The zero-order valence-corrected chi connectivity index (χ0v) is 14.7. The van der Waals surface area contributed by atoms with Crippen molar-refractivity contribution in [2.24, 2.45) is 0 Å². The van der Waals surface area contributed by atoms with Crippen LogP contribution >= 0.6 is 11.6 Å². The fraction of sp³-hybridized carbons (Fsp3) is 0. The first-order valence-electron chi connectivity index (χ1n) is 8.22. The molecule has 2 N–H and O–H groups in total. The van der Waals surface area contributed by atoms with Gasteiger partial charge in [-0.05, 0) is 30.3 Å². The van der Waals surface area contributed by atoms with E-state index in [0.29, 0.717) is 27.9 Å². The van der Waals surface area contributed by atoms with Gasteiger partial charge in [-0.15, -0.1) is 0 Å². The van der Waals surface area contributed by atoms with Gasteiger partial charge in [-0.3, -0.25) is 4.98 Å². The van der Waals surface area contributed by atoms with E-state index in [9.17, 15) is 0 Å². The molecule has 0 aliphatic rings. The summed E-state index contributed by atoms with van der Waals surface area (Å²) >= 11 is 6.43. The van der Waals surface area contributed by atoms with Crippen LogP contribution in [0.15, 0.2) is 65.3 Å². The monoisotopic (exact) mass is 373 g/mol. The van der Waals surface area contributed by atoms with Crippen molar-refractivity contribution < 1.29 is 4.42 Å². The Labute approximate surface area is 158 Å². The number of rotatable bonds is 2. The van der Waals surface area contributed by atoms with Crippen LogP contribution in [0, 0.1) is 0 Å². The van der Waals surface area contributed by atoms with Gasteiger partial charge in [-0.2, -0.15) is 0 Å². The molecule has 0 saturated heterocycles. The number of oxazole rings is 1. The summed E-state index contributed by atoms with van der Waals surface area (Å²) in [6.07, 6.45) is 3.21. The third kappa shape index (κ3) is 2.67. The number of hydrogen-bond acceptors (Lipinski definition) is 6. The fourth-order valence-corrected chi connectivity index (χ4v) is 3.30. The number of anilines is 1. The summed E-state index contributed by atoms with van der Waals surface area (Å²) in [4.78, 5) is 17.7. The molecule has 0 aliphatic heterocycles. The maximum atomic E-state index is 6.43. The molecule has 5 aromatic rings. The average molecular weight is 374 g/mol. The first-order valence-corrected chi connectivity index (χ1v) is 8.60. The van der Waals surface area contributed by atoms with Gasteiger partial charge in [-0.1, -0.05) is 29.8 Å². The first kappa shape index (κ1) is 15.7. The van der Waals surface area contributed by atoms with Crippen LogP contribution in [0.25, 0.3) is 44.8 Å². The van der Waals surface area contributed by atoms with Crippen LogP contribution < -0.4 is 5.73 Å². The molecule has 7 heteroatoms. The Morgan fingerprint density at radius 3 is 2.70 bits per heavy atom. The van der Waals surface area contributed by atoms with Crippen LogP contribution in [0.1, 0.15) is 0 Å². The molecule has 0 amide bonds. The molecule has 3 heterocycles. The summed E-state index contributed by atoms with van der Waals surface area (Å²) in [6.45, 7) is 0. The van der Waals surface area contributed by atoms with Gasteiger partial charge in [0.1, 0.15) is 17.0 Å². The summed E-state index contributed by atoms with van der Waals surface area (Å²) in [5, 5.41) is 1.44. The predicted octanol–water partition coefficient (Wildman–Crippen LogP) is 4.74. The highest BCUT2D eigenvalue weighted by molar-refractivity contribution is 6.35. The van der Waals surface area contributed by atoms with E-state index in [1.807, 2.05) is 48.5 Å². The minimum Gasteiger partial charge on any atom is -0.435 e. The number of pyridine rings is 1. The molecule has 130 valence electrons. The van der Waals surface area contributed by atoms with Gasteiger partial charge in [0.15, 0.2) is 11.3 Å². The number of hydrogen-bond donors (Lipinski definition) is 1. The van der Waals surface area contributed by atoms with E-state index >= 15 is 0 Å². The lowest BCUT2D eigenvalue weighted by molar-refractivity contribution is 0.617. The van der Waals surface area contributed by atoms with E-state index in [0.717, 1.165) is 22.0 Å². The second kappa shape index (κ2) is 6.03. The molecule has 0 unspecified atom stereocenters. The van der Waals surface area contributed by atoms with Crippen molar-refractivity contribution in [2.45, 2.75) is 0 Å². The smallest absolute Gasteiger partial charge is 0.248 e. The highest BCUT2D eigenvalue weighted by Gasteiger charge is 2.18. The molecule has 0 spiro atoms. The molecule has 0 radical (unpaired) electrons. The van der Waals surface area contributed by atoms with E-state index < -0.39 is 0 Å². The van der Waals surface area contributed by atoms with Gasteiger partial charge in [0, 0.05) is 17.1 Å². The molecular weight excluding hydrogens is 362 g/mol. The summed E-state index contributed by atoms with van der Waals surface area (Å²) in [7, 11) is 0. The molecule has 5 rings (SSSR count). The lowest BCUT2D eigenvalue weighted by Crippen LogP contribution is -1.98. The number of para-hydroxylation sites is 2. The fourth-order valence-electron chi connectivity index (χ4n) is 3.02. The normalized spacial score (nSPS) is 11.3. The van der Waals surface area contributed by atoms with E-state index in [2.05, 4.69) is 19.9 Å². The quantitative estimate of drug-likeness (QED) is 0.480. The number of benzene rings is 2. The number of aromatic nitrogens is 4. The van der Waals surface area contributed by atoms with Crippen molar-refractivity contribution in [3.63, 3.8) is 0 Å². The van der Waals surface area contributed by atoms with Crippen molar-refractivity contribution in [1.82, 2.24) is 19.9 Å². The molecule has 2 aromatic carbocycles. The Morgan fingerprint density at radius 1 is 0.926 bits per heavy atom. The molecule has 0 saturated carbocycles. The Bertz CT molecular complexity index is 1280. The second-order valence-corrected chi connectivity index (χ2v) is 6.42. The van der Waals surface area contributed by atoms with E-state index in [1.54, 1.807) is 6.20 Å². The summed E-state index contributed by atoms with van der Waals surface area (Å²) in [5.74, 6) is 0.637. The topological polar surface area (TPSA) is 90.7 Å². The van der Waals surface area contributed by atoms with Gasteiger partial charge in [0.2, 0.25) is 5.89 Å². The van der Waals surface area contributed by atoms with Crippen LogP contribution in [0.3, 0.4) is 0 Å². The van der Waals surface area contributed by atoms with Gasteiger partial charge in [0.25, 0.3) is 0 Å². The largest absolute Gasteiger partial charge is 0.435 e. The van der Waals surface area contributed by atoms with Crippen LogP contribution in [0.5, 0.6) is 0 Å². The second-order valence-electron chi connectivity index (χ2n) is 6.01. The van der Waals surface area contributed by atoms with Gasteiger partial charge in [0.05, 0.1) is 16.7 Å². The maximum Gasteiger partial charge on any atom is 0.248 e. The van der Waals surface area contributed by atoms with E-state index in [-0.39, 0.29) is 5.82 Å². The standard InChI is InChI=1S/C20H12ClN5O/c21-13-9-12(8-11-4-3-7-23-17(11)13)18-19(26-16(22)10-24-18)20-25-14-5-1-2-6-15(14)27-20/h1-10H,(H2,22,26). The van der Waals surface area contributed by atoms with Crippen molar-refractivity contribution in [1.29, 1.82) is 0 Å². The van der Waals surface area contributed by atoms with Crippen LogP contribution in [-0.4, -0.2) is 19.9 Å². The lowest BCUT2D eigenvalue weighted by Gasteiger charge is -2.08. The Balaban J connectivity index is 1.76. The summed E-state index contributed by atoms with van der Waals surface area (Å²) < 4.78 is 5.87. The molecule has 0 aliphatic carbocycles. The number of nitrogens with zero attached hydrogens (tertiary/aromatic N) is 4. The molecule has 0 bridgehead atoms. The summed E-state index contributed by atoms with van der Waals surface area (Å²) in [6, 6.07) is 15.1. The van der Waals surface area contributed by atoms with Crippen molar-refractivity contribution in [3.8, 4) is 22.8 Å². The third-order valence-corrected chi connectivity index (χ3v) is 4.51. The molecule has 0 fully saturated rings. The molecule has 3 aromatic heterocycles. The van der Waals surface area contributed by atoms with E-state index in [1.165, 1.54) is 6.20 Å². The van der Waals surface area contributed by atoms with Crippen molar-refractivity contribution in [2.75, 3.05) is 5.73 Å². The Morgan fingerprint density at radius 2 is 1.81 bits per heavy atom. The molecular formula is C20H12ClN5O. The van der Waals surface area contributed by atoms with Gasteiger partial charge >= 0.3 is 0 Å².